The van der Waals surface area contributed by atoms with Crippen molar-refractivity contribution < 1.29 is 9.53 Å². The summed E-state index contributed by atoms with van der Waals surface area (Å²) in [6, 6.07) is 16.4. The number of morpholine rings is 1. The normalized spacial score (nSPS) is 18.5. The molecule has 1 aromatic heterocycles. The van der Waals surface area contributed by atoms with Crippen LogP contribution in [0.3, 0.4) is 0 Å². The Balaban J connectivity index is 1.41. The van der Waals surface area contributed by atoms with E-state index < -0.39 is 0 Å². The van der Waals surface area contributed by atoms with Crippen molar-refractivity contribution in [2.24, 2.45) is 0 Å². The van der Waals surface area contributed by atoms with Gasteiger partial charge < -0.3 is 14.5 Å². The van der Waals surface area contributed by atoms with E-state index in [1.54, 1.807) is 0 Å². The fourth-order valence-electron chi connectivity index (χ4n) is 4.30. The van der Waals surface area contributed by atoms with Crippen LogP contribution in [0.5, 0.6) is 0 Å². The quantitative estimate of drug-likeness (QED) is 0.486. The number of para-hydroxylation sites is 2. The maximum Gasteiger partial charge on any atom is 0.237 e. The van der Waals surface area contributed by atoms with E-state index in [9.17, 15) is 4.79 Å². The highest BCUT2D eigenvalue weighted by Gasteiger charge is 2.26. The summed E-state index contributed by atoms with van der Waals surface area (Å²) in [6.07, 6.45) is 0.969. The van der Waals surface area contributed by atoms with Crippen LogP contribution in [0.15, 0.2) is 58.6 Å². The number of anilines is 2. The molecule has 0 bridgehead atoms. The number of hydrogen-bond donors (Lipinski definition) is 0. The molecule has 9 heteroatoms. The molecule has 178 valence electrons. The van der Waals surface area contributed by atoms with E-state index in [4.69, 9.17) is 4.74 Å². The molecule has 34 heavy (non-hydrogen) atoms. The van der Waals surface area contributed by atoms with Gasteiger partial charge in [0.25, 0.3) is 0 Å². The predicted octanol–water partition coefficient (Wildman–Crippen LogP) is 4.42. The molecule has 0 aliphatic carbocycles. The SMILES string of the molecule is Cc1ccccc1-n1c(SCC(=O)N2CCC(C)Sc3ccccc32)nnc1N1CCOCC1. The Morgan fingerprint density at radius 2 is 1.79 bits per heavy atom. The summed E-state index contributed by atoms with van der Waals surface area (Å²) in [5.74, 6) is 1.21. The third-order valence-corrected chi connectivity index (χ3v) is 8.29. The van der Waals surface area contributed by atoms with Gasteiger partial charge in [0, 0.05) is 29.8 Å². The lowest BCUT2D eigenvalue weighted by Crippen LogP contribution is -2.38. The summed E-state index contributed by atoms with van der Waals surface area (Å²) in [7, 11) is 0. The topological polar surface area (TPSA) is 63.5 Å². The third kappa shape index (κ3) is 4.82. The summed E-state index contributed by atoms with van der Waals surface area (Å²) >= 11 is 3.30. The van der Waals surface area contributed by atoms with Gasteiger partial charge in [0.05, 0.1) is 30.3 Å². The Kier molecular flexibility index (Phi) is 7.12. The van der Waals surface area contributed by atoms with Crippen molar-refractivity contribution >= 4 is 41.1 Å². The van der Waals surface area contributed by atoms with Crippen molar-refractivity contribution in [3.05, 3.63) is 54.1 Å². The van der Waals surface area contributed by atoms with Crippen molar-refractivity contribution in [1.82, 2.24) is 14.8 Å². The number of rotatable bonds is 5. The fraction of sp³-hybridized carbons (Fsp3) is 0.400. The van der Waals surface area contributed by atoms with E-state index in [1.165, 1.54) is 16.7 Å². The fourth-order valence-corrected chi connectivity index (χ4v) is 6.23. The van der Waals surface area contributed by atoms with Crippen LogP contribution in [0.4, 0.5) is 11.6 Å². The highest BCUT2D eigenvalue weighted by molar-refractivity contribution is 8.00. The first-order valence-electron chi connectivity index (χ1n) is 11.6. The van der Waals surface area contributed by atoms with E-state index >= 15 is 0 Å². The zero-order valence-corrected chi connectivity index (χ0v) is 21.1. The van der Waals surface area contributed by atoms with Crippen molar-refractivity contribution in [2.75, 3.05) is 48.4 Å². The van der Waals surface area contributed by atoms with Gasteiger partial charge in [-0.05, 0) is 37.1 Å². The number of fused-ring (bicyclic) bond motifs is 1. The van der Waals surface area contributed by atoms with Gasteiger partial charge in [-0.3, -0.25) is 9.36 Å². The smallest absolute Gasteiger partial charge is 0.237 e. The average Bonchev–Trinajstić information content (AvgIpc) is 3.20. The lowest BCUT2D eigenvalue weighted by Gasteiger charge is -2.28. The minimum atomic E-state index is 0.0967. The van der Waals surface area contributed by atoms with Crippen molar-refractivity contribution in [3.8, 4) is 5.69 Å². The zero-order valence-electron chi connectivity index (χ0n) is 19.5. The van der Waals surface area contributed by atoms with Gasteiger partial charge in [-0.15, -0.1) is 22.0 Å². The first kappa shape index (κ1) is 23.3. The number of nitrogens with zero attached hydrogens (tertiary/aromatic N) is 5. The van der Waals surface area contributed by atoms with Crippen LogP contribution in [0.2, 0.25) is 0 Å². The summed E-state index contributed by atoms with van der Waals surface area (Å²) in [4.78, 5) is 18.7. The maximum atomic E-state index is 13.4. The highest BCUT2D eigenvalue weighted by Crippen LogP contribution is 2.38. The predicted molar refractivity (Wildman–Crippen MR) is 139 cm³/mol. The Morgan fingerprint density at radius 1 is 1.06 bits per heavy atom. The van der Waals surface area contributed by atoms with Crippen LogP contribution in [-0.4, -0.2) is 64.5 Å². The number of thioether (sulfide) groups is 2. The molecule has 7 nitrogen and oxygen atoms in total. The molecule has 0 saturated carbocycles. The summed E-state index contributed by atoms with van der Waals surface area (Å²) in [6.45, 7) is 7.93. The molecule has 1 atom stereocenters. The van der Waals surface area contributed by atoms with E-state index in [-0.39, 0.29) is 5.91 Å². The standard InChI is InChI=1S/C25H29N5O2S2/c1-18-7-3-4-8-20(18)30-24(28-13-15-32-16-14-28)26-27-25(30)33-17-23(31)29-12-11-19(2)34-22-10-6-5-9-21(22)29/h3-10,19H,11-17H2,1-2H3. The van der Waals surface area contributed by atoms with Crippen molar-refractivity contribution in [3.63, 3.8) is 0 Å². The molecule has 3 aromatic rings. The van der Waals surface area contributed by atoms with Crippen LogP contribution in [0.25, 0.3) is 5.69 Å². The van der Waals surface area contributed by atoms with Crippen LogP contribution in [0, 0.1) is 6.92 Å². The van der Waals surface area contributed by atoms with Gasteiger partial charge in [0.1, 0.15) is 0 Å². The van der Waals surface area contributed by atoms with E-state index in [1.807, 2.05) is 40.9 Å². The van der Waals surface area contributed by atoms with Gasteiger partial charge >= 0.3 is 0 Å². The Morgan fingerprint density at radius 3 is 2.59 bits per heavy atom. The second-order valence-electron chi connectivity index (χ2n) is 8.52. The molecule has 0 spiro atoms. The van der Waals surface area contributed by atoms with Gasteiger partial charge in [0.15, 0.2) is 5.16 Å². The minimum Gasteiger partial charge on any atom is -0.378 e. The second-order valence-corrected chi connectivity index (χ2v) is 10.9. The number of benzene rings is 2. The lowest BCUT2D eigenvalue weighted by atomic mass is 10.2. The molecule has 2 aliphatic heterocycles. The van der Waals surface area contributed by atoms with Gasteiger partial charge in [0.2, 0.25) is 11.9 Å². The van der Waals surface area contributed by atoms with E-state index in [0.717, 1.165) is 54.1 Å². The molecule has 2 aliphatic rings. The third-order valence-electron chi connectivity index (χ3n) is 6.14. The molecule has 3 heterocycles. The number of hydrogen-bond acceptors (Lipinski definition) is 7. The van der Waals surface area contributed by atoms with Crippen LogP contribution in [-0.2, 0) is 9.53 Å². The molecule has 5 rings (SSSR count). The van der Waals surface area contributed by atoms with Crippen LogP contribution >= 0.6 is 23.5 Å². The second kappa shape index (κ2) is 10.4. The number of carbonyl (C=O) groups excluding carboxylic acids is 1. The van der Waals surface area contributed by atoms with Gasteiger partial charge in [-0.1, -0.05) is 49.0 Å². The molecule has 0 N–H and O–H groups in total. The number of carbonyl (C=O) groups is 1. The first-order chi connectivity index (χ1) is 16.6. The Bertz CT molecular complexity index is 1160. The summed E-state index contributed by atoms with van der Waals surface area (Å²) in [5, 5.41) is 10.3. The van der Waals surface area contributed by atoms with E-state index in [0.29, 0.717) is 24.2 Å². The minimum absolute atomic E-state index is 0.0967. The zero-order chi connectivity index (χ0) is 23.5. The van der Waals surface area contributed by atoms with Gasteiger partial charge in [-0.2, -0.15) is 0 Å². The Hall–Kier alpha value is -2.49. The molecule has 1 amide bonds. The number of ether oxygens (including phenoxy) is 1. The lowest BCUT2D eigenvalue weighted by molar-refractivity contribution is -0.116. The highest BCUT2D eigenvalue weighted by atomic mass is 32.2. The molecule has 2 aromatic carbocycles. The van der Waals surface area contributed by atoms with Crippen molar-refractivity contribution in [2.45, 2.75) is 35.6 Å². The molecular formula is C25H29N5O2S2. The number of aryl methyl sites for hydroxylation is 1. The molecule has 0 radical (unpaired) electrons. The number of amides is 1. The van der Waals surface area contributed by atoms with Crippen molar-refractivity contribution in [1.29, 1.82) is 0 Å². The van der Waals surface area contributed by atoms with E-state index in [2.05, 4.69) is 57.8 Å². The van der Waals surface area contributed by atoms with Gasteiger partial charge in [-0.25, -0.2) is 0 Å². The number of aromatic nitrogens is 3. The Labute approximate surface area is 208 Å². The van der Waals surface area contributed by atoms with Crippen LogP contribution in [0.1, 0.15) is 18.9 Å². The monoisotopic (exact) mass is 495 g/mol. The molecular weight excluding hydrogens is 466 g/mol. The summed E-state index contributed by atoms with van der Waals surface area (Å²) in [5.41, 5.74) is 3.18. The van der Waals surface area contributed by atoms with Crippen LogP contribution < -0.4 is 9.80 Å². The average molecular weight is 496 g/mol. The molecule has 1 fully saturated rings. The molecule has 1 unspecified atom stereocenters. The largest absolute Gasteiger partial charge is 0.378 e. The first-order valence-corrected chi connectivity index (χ1v) is 13.5. The summed E-state index contributed by atoms with van der Waals surface area (Å²) < 4.78 is 7.62. The maximum absolute atomic E-state index is 13.4. The molecule has 1 saturated heterocycles.